The molecule has 0 aliphatic heterocycles. The summed E-state index contributed by atoms with van der Waals surface area (Å²) in [5, 5.41) is 4.25. The highest BCUT2D eigenvalue weighted by Crippen LogP contribution is 2.34. The van der Waals surface area contributed by atoms with Crippen LogP contribution in [0.5, 0.6) is 0 Å². The van der Waals surface area contributed by atoms with Gasteiger partial charge in [-0.15, -0.1) is 0 Å². The third kappa shape index (κ3) is 3.46. The van der Waals surface area contributed by atoms with Gasteiger partial charge in [0, 0.05) is 18.6 Å². The molecule has 2 aromatic heterocycles. The van der Waals surface area contributed by atoms with Crippen molar-refractivity contribution in [2.45, 2.75) is 0 Å². The number of pyridine rings is 1. The molecule has 0 saturated heterocycles. The van der Waals surface area contributed by atoms with Crippen LogP contribution in [0.3, 0.4) is 0 Å². The molecule has 0 radical (unpaired) electrons. The van der Waals surface area contributed by atoms with Crippen LogP contribution in [0, 0.1) is 0 Å². The largest absolute Gasteiger partial charge is 0.465 e. The smallest absolute Gasteiger partial charge is 0.339 e. The van der Waals surface area contributed by atoms with E-state index >= 15 is 0 Å². The van der Waals surface area contributed by atoms with Crippen LogP contribution in [0.2, 0.25) is 0 Å². The summed E-state index contributed by atoms with van der Waals surface area (Å²) < 4.78 is 4.89. The summed E-state index contributed by atoms with van der Waals surface area (Å²) in [6, 6.07) is 16.8. The molecule has 0 amide bonds. The lowest BCUT2D eigenvalue weighted by atomic mass is 10.1. The maximum atomic E-state index is 12.2. The molecule has 3 N–H and O–H groups in total. The number of fused-ring (bicyclic) bond motifs is 1. The monoisotopic (exact) mass is 400 g/mol. The van der Waals surface area contributed by atoms with Crippen LogP contribution in [0.4, 0.5) is 28.7 Å². The molecule has 8 nitrogen and oxygen atoms in total. The number of anilines is 5. The van der Waals surface area contributed by atoms with Gasteiger partial charge in [-0.05, 0) is 24.3 Å². The van der Waals surface area contributed by atoms with Crippen LogP contribution in [0.1, 0.15) is 10.4 Å². The van der Waals surface area contributed by atoms with Gasteiger partial charge in [0.2, 0.25) is 0 Å². The number of carbonyl (C=O) groups is 1. The predicted octanol–water partition coefficient (Wildman–Crippen LogP) is 3.91. The number of methoxy groups -OCH3 is 1. The first-order chi connectivity index (χ1) is 14.6. The minimum Gasteiger partial charge on any atom is -0.465 e. The van der Waals surface area contributed by atoms with Gasteiger partial charge in [-0.25, -0.2) is 14.8 Å². The quantitative estimate of drug-likeness (QED) is 0.486. The molecule has 0 unspecified atom stereocenters. The zero-order valence-corrected chi connectivity index (χ0v) is 16.5. The van der Waals surface area contributed by atoms with Gasteiger partial charge in [0.25, 0.3) is 0 Å². The second-order valence-electron chi connectivity index (χ2n) is 6.53. The number of nitrogens with zero attached hydrogens (tertiary/aromatic N) is 4. The fourth-order valence-electron chi connectivity index (χ4n) is 3.25. The average Bonchev–Trinajstić information content (AvgIpc) is 2.79. The second-order valence-corrected chi connectivity index (χ2v) is 6.53. The molecule has 30 heavy (non-hydrogen) atoms. The SMILES string of the molecule is COC(=O)c1ccccc1N(C)c1ncnc(Nc2cccc3cccnc23)c1N. The Labute approximate surface area is 173 Å². The van der Waals surface area contributed by atoms with Crippen LogP contribution in [0.25, 0.3) is 10.9 Å². The molecular weight excluding hydrogens is 380 g/mol. The van der Waals surface area contributed by atoms with Gasteiger partial charge < -0.3 is 20.7 Å². The molecule has 0 saturated carbocycles. The van der Waals surface area contributed by atoms with Gasteiger partial charge >= 0.3 is 5.97 Å². The Morgan fingerprint density at radius 1 is 1.03 bits per heavy atom. The number of benzene rings is 2. The number of hydrogen-bond acceptors (Lipinski definition) is 8. The first kappa shape index (κ1) is 19.1. The van der Waals surface area contributed by atoms with Gasteiger partial charge in [-0.2, -0.15) is 0 Å². The molecule has 0 aliphatic carbocycles. The summed E-state index contributed by atoms with van der Waals surface area (Å²) in [7, 11) is 3.13. The van der Waals surface area contributed by atoms with Crippen LogP contribution in [-0.4, -0.2) is 35.1 Å². The molecule has 0 fully saturated rings. The minimum atomic E-state index is -0.440. The molecular formula is C22H20N6O2. The Kier molecular flexibility index (Phi) is 5.13. The third-order valence-electron chi connectivity index (χ3n) is 4.74. The number of nitrogens with two attached hydrogens (primary N) is 1. The van der Waals surface area contributed by atoms with Gasteiger partial charge in [-0.3, -0.25) is 4.98 Å². The number of rotatable bonds is 5. The number of aromatic nitrogens is 3. The van der Waals surface area contributed by atoms with Crippen molar-refractivity contribution in [2.24, 2.45) is 0 Å². The molecule has 0 aliphatic rings. The van der Waals surface area contributed by atoms with Crippen LogP contribution < -0.4 is 16.0 Å². The van der Waals surface area contributed by atoms with Gasteiger partial charge in [0.05, 0.1) is 29.6 Å². The summed E-state index contributed by atoms with van der Waals surface area (Å²) in [6.07, 6.45) is 3.16. The number of nitrogens with one attached hydrogen (secondary N) is 1. The minimum absolute atomic E-state index is 0.340. The van der Waals surface area contributed by atoms with Crippen molar-refractivity contribution in [1.29, 1.82) is 0 Å². The second kappa shape index (κ2) is 8.04. The third-order valence-corrected chi connectivity index (χ3v) is 4.74. The van der Waals surface area contributed by atoms with E-state index in [1.165, 1.54) is 13.4 Å². The van der Waals surface area contributed by atoms with Gasteiger partial charge in [0.15, 0.2) is 11.6 Å². The lowest BCUT2D eigenvalue weighted by Gasteiger charge is -2.23. The van der Waals surface area contributed by atoms with Crippen molar-refractivity contribution < 1.29 is 9.53 Å². The van der Waals surface area contributed by atoms with Gasteiger partial charge in [-0.1, -0.05) is 30.3 Å². The maximum absolute atomic E-state index is 12.2. The van der Waals surface area contributed by atoms with Crippen LogP contribution in [0.15, 0.2) is 67.1 Å². The highest BCUT2D eigenvalue weighted by Gasteiger charge is 2.19. The molecule has 4 aromatic rings. The Morgan fingerprint density at radius 2 is 1.83 bits per heavy atom. The number of hydrogen-bond donors (Lipinski definition) is 2. The first-order valence-electron chi connectivity index (χ1n) is 9.22. The van der Waals surface area contributed by atoms with Crippen LogP contribution in [-0.2, 0) is 4.74 Å². The zero-order chi connectivity index (χ0) is 21.1. The Morgan fingerprint density at radius 3 is 2.67 bits per heavy atom. The van der Waals surface area contributed by atoms with E-state index in [0.29, 0.717) is 28.6 Å². The Bertz CT molecular complexity index is 1220. The van der Waals surface area contributed by atoms with Crippen molar-refractivity contribution >= 4 is 45.6 Å². The van der Waals surface area contributed by atoms with E-state index < -0.39 is 5.97 Å². The van der Waals surface area contributed by atoms with Crippen molar-refractivity contribution in [2.75, 3.05) is 30.1 Å². The van der Waals surface area contributed by atoms with Crippen LogP contribution >= 0.6 is 0 Å². The molecule has 8 heteroatoms. The van der Waals surface area contributed by atoms with Crippen molar-refractivity contribution in [3.8, 4) is 0 Å². The number of ether oxygens (including phenoxy) is 1. The van der Waals surface area contributed by atoms with Crippen molar-refractivity contribution in [1.82, 2.24) is 15.0 Å². The zero-order valence-electron chi connectivity index (χ0n) is 16.5. The maximum Gasteiger partial charge on any atom is 0.339 e. The molecule has 2 aromatic carbocycles. The van der Waals surface area contributed by atoms with E-state index in [1.54, 1.807) is 36.3 Å². The van der Waals surface area contributed by atoms with E-state index in [4.69, 9.17) is 10.5 Å². The summed E-state index contributed by atoms with van der Waals surface area (Å²) in [4.78, 5) is 27.0. The topological polar surface area (TPSA) is 106 Å². The number of carbonyl (C=O) groups excluding carboxylic acids is 1. The van der Waals surface area contributed by atoms with E-state index in [0.717, 1.165) is 16.6 Å². The fraction of sp³-hybridized carbons (Fsp3) is 0.0909. The Hall–Kier alpha value is -4.20. The predicted molar refractivity (Wildman–Crippen MR) is 117 cm³/mol. The molecule has 2 heterocycles. The Balaban J connectivity index is 1.73. The standard InChI is InChI=1S/C22H20N6O2/c1-28(17-11-4-3-9-15(17)22(29)30-2)21-18(23)20(25-13-26-21)27-16-10-5-7-14-8-6-12-24-19(14)16/h3-13H,23H2,1-2H3,(H,25,26,27). The number of esters is 1. The molecule has 0 atom stereocenters. The summed E-state index contributed by atoms with van der Waals surface area (Å²) in [5.41, 5.74) is 9.36. The van der Waals surface area contributed by atoms with Crippen molar-refractivity contribution in [3.63, 3.8) is 0 Å². The highest BCUT2D eigenvalue weighted by molar-refractivity contribution is 5.98. The summed E-state index contributed by atoms with van der Waals surface area (Å²) in [6.45, 7) is 0. The first-order valence-corrected chi connectivity index (χ1v) is 9.22. The van der Waals surface area contributed by atoms with E-state index in [9.17, 15) is 4.79 Å². The van der Waals surface area contributed by atoms with E-state index in [1.807, 2.05) is 36.4 Å². The lowest BCUT2D eigenvalue weighted by molar-refractivity contribution is 0.0601. The van der Waals surface area contributed by atoms with Gasteiger partial charge in [0.1, 0.15) is 12.0 Å². The lowest BCUT2D eigenvalue weighted by Crippen LogP contribution is -2.18. The highest BCUT2D eigenvalue weighted by atomic mass is 16.5. The normalized spacial score (nSPS) is 10.6. The van der Waals surface area contributed by atoms with E-state index in [2.05, 4.69) is 20.3 Å². The fourth-order valence-corrected chi connectivity index (χ4v) is 3.25. The number of nitrogen functional groups attached to an aromatic ring is 1. The molecule has 0 spiro atoms. The number of para-hydroxylation sites is 2. The molecule has 150 valence electrons. The van der Waals surface area contributed by atoms with Crippen molar-refractivity contribution in [3.05, 3.63) is 72.7 Å². The summed E-state index contributed by atoms with van der Waals surface area (Å²) >= 11 is 0. The molecule has 0 bridgehead atoms. The van der Waals surface area contributed by atoms with E-state index in [-0.39, 0.29) is 0 Å². The average molecular weight is 400 g/mol. The molecule has 4 rings (SSSR count). The summed E-state index contributed by atoms with van der Waals surface area (Å²) in [5.74, 6) is 0.461.